The van der Waals surface area contributed by atoms with Gasteiger partial charge in [0.25, 0.3) is 0 Å². The summed E-state index contributed by atoms with van der Waals surface area (Å²) in [5.41, 5.74) is 0.381. The summed E-state index contributed by atoms with van der Waals surface area (Å²) in [5, 5.41) is 12.2. The first kappa shape index (κ1) is 19.6. The minimum Gasteiger partial charge on any atom is -0.479 e. The smallest absolute Gasteiger partial charge is 0.391 e. The Morgan fingerprint density at radius 1 is 1.16 bits per heavy atom. The first-order valence-electron chi connectivity index (χ1n) is 8.01. The highest BCUT2D eigenvalue weighted by Gasteiger charge is 2.41. The van der Waals surface area contributed by atoms with Gasteiger partial charge in [-0.05, 0) is 49.3 Å². The van der Waals surface area contributed by atoms with Gasteiger partial charge in [0.1, 0.15) is 0 Å². The topological polar surface area (TPSA) is 66.4 Å². The Balaban J connectivity index is 1.90. The second kappa shape index (κ2) is 8.08. The van der Waals surface area contributed by atoms with Crippen molar-refractivity contribution < 1.29 is 27.9 Å². The first-order valence-corrected chi connectivity index (χ1v) is 8.39. The lowest BCUT2D eigenvalue weighted by atomic mass is 9.80. The molecule has 8 heteroatoms. The van der Waals surface area contributed by atoms with Crippen molar-refractivity contribution in [1.29, 1.82) is 0 Å². The standard InChI is InChI=1S/C17H19ClF3NO3/c18-13-7-3-11(4-8-13)15(16(24)25)22-14(23)9-10-1-5-12(6-2-10)17(19,20)21/h3-4,7-8,10,12,15H,1-2,5-6,9H2,(H,22,23)(H,24,25). The largest absolute Gasteiger partial charge is 0.479 e. The molecule has 1 saturated carbocycles. The van der Waals surface area contributed by atoms with E-state index in [2.05, 4.69) is 5.32 Å². The molecule has 1 aliphatic rings. The summed E-state index contributed by atoms with van der Waals surface area (Å²) in [6.45, 7) is 0. The molecule has 1 unspecified atom stereocenters. The van der Waals surface area contributed by atoms with Crippen LogP contribution in [0.2, 0.25) is 5.02 Å². The van der Waals surface area contributed by atoms with Crippen LogP contribution >= 0.6 is 11.6 Å². The Kier molecular flexibility index (Phi) is 6.32. The summed E-state index contributed by atoms with van der Waals surface area (Å²) >= 11 is 5.76. The van der Waals surface area contributed by atoms with Gasteiger partial charge in [-0.3, -0.25) is 4.79 Å². The zero-order valence-corrected chi connectivity index (χ0v) is 14.1. The van der Waals surface area contributed by atoms with Crippen LogP contribution in [0.1, 0.15) is 43.7 Å². The summed E-state index contributed by atoms with van der Waals surface area (Å²) < 4.78 is 38.0. The maximum atomic E-state index is 12.7. The highest BCUT2D eigenvalue weighted by molar-refractivity contribution is 6.30. The van der Waals surface area contributed by atoms with Crippen LogP contribution in [0.25, 0.3) is 0 Å². The molecule has 0 saturated heterocycles. The number of carbonyl (C=O) groups is 2. The van der Waals surface area contributed by atoms with Crippen molar-refractivity contribution >= 4 is 23.5 Å². The van der Waals surface area contributed by atoms with Gasteiger partial charge in [0, 0.05) is 11.4 Å². The van der Waals surface area contributed by atoms with Crippen molar-refractivity contribution in [2.45, 2.75) is 44.3 Å². The van der Waals surface area contributed by atoms with E-state index >= 15 is 0 Å². The van der Waals surface area contributed by atoms with Crippen LogP contribution in [0.15, 0.2) is 24.3 Å². The Morgan fingerprint density at radius 3 is 2.20 bits per heavy atom. The number of amides is 1. The molecule has 2 rings (SSSR count). The number of carbonyl (C=O) groups excluding carboxylic acids is 1. The SMILES string of the molecule is O=C(CC1CCC(C(F)(F)F)CC1)NC(C(=O)O)c1ccc(Cl)cc1. The Hall–Kier alpha value is -1.76. The molecule has 0 heterocycles. The molecule has 4 nitrogen and oxygen atoms in total. The molecule has 1 aromatic carbocycles. The van der Waals surface area contributed by atoms with E-state index in [0.717, 1.165) is 0 Å². The van der Waals surface area contributed by atoms with Gasteiger partial charge in [0.2, 0.25) is 5.91 Å². The van der Waals surface area contributed by atoms with Gasteiger partial charge in [-0.25, -0.2) is 4.79 Å². The highest BCUT2D eigenvalue weighted by atomic mass is 35.5. The molecule has 2 N–H and O–H groups in total. The number of nitrogens with one attached hydrogen (secondary N) is 1. The lowest BCUT2D eigenvalue weighted by molar-refractivity contribution is -0.184. The van der Waals surface area contributed by atoms with E-state index in [9.17, 15) is 27.9 Å². The number of benzene rings is 1. The van der Waals surface area contributed by atoms with E-state index in [1.54, 1.807) is 0 Å². The molecule has 0 spiro atoms. The lowest BCUT2D eigenvalue weighted by Gasteiger charge is -2.29. The molecular weight excluding hydrogens is 359 g/mol. The number of carboxylic acid groups (broad SMARTS) is 1. The quantitative estimate of drug-likeness (QED) is 0.802. The van der Waals surface area contributed by atoms with Crippen molar-refractivity contribution in [1.82, 2.24) is 5.32 Å². The second-order valence-corrected chi connectivity index (χ2v) is 6.79. The fourth-order valence-corrected chi connectivity index (χ4v) is 3.24. The van der Waals surface area contributed by atoms with Crippen LogP contribution in [0, 0.1) is 11.8 Å². The van der Waals surface area contributed by atoms with Crippen LogP contribution in [0.3, 0.4) is 0 Å². The molecule has 1 aliphatic carbocycles. The monoisotopic (exact) mass is 377 g/mol. The average Bonchev–Trinajstić information content (AvgIpc) is 2.53. The summed E-state index contributed by atoms with van der Waals surface area (Å²) in [6.07, 6.45) is -3.49. The Labute approximate surface area is 148 Å². The molecule has 0 aliphatic heterocycles. The van der Waals surface area contributed by atoms with E-state index < -0.39 is 30.0 Å². The van der Waals surface area contributed by atoms with Crippen molar-refractivity contribution in [3.8, 4) is 0 Å². The molecule has 0 bridgehead atoms. The third-order valence-corrected chi connectivity index (χ3v) is 4.79. The number of alkyl halides is 3. The van der Waals surface area contributed by atoms with Gasteiger partial charge in [-0.2, -0.15) is 13.2 Å². The summed E-state index contributed by atoms with van der Waals surface area (Å²) in [4.78, 5) is 23.5. The molecular formula is C17H19ClF3NO3. The molecule has 1 fully saturated rings. The van der Waals surface area contributed by atoms with Gasteiger partial charge in [-0.15, -0.1) is 0 Å². The van der Waals surface area contributed by atoms with Crippen LogP contribution in [0.5, 0.6) is 0 Å². The number of aliphatic carboxylic acids is 1. The average molecular weight is 378 g/mol. The fraction of sp³-hybridized carbons (Fsp3) is 0.529. The lowest BCUT2D eigenvalue weighted by Crippen LogP contribution is -2.35. The molecule has 25 heavy (non-hydrogen) atoms. The number of rotatable bonds is 5. The molecule has 0 aromatic heterocycles. The van der Waals surface area contributed by atoms with Crippen LogP contribution in [-0.2, 0) is 9.59 Å². The van der Waals surface area contributed by atoms with Gasteiger partial charge < -0.3 is 10.4 Å². The van der Waals surface area contributed by atoms with Gasteiger partial charge in [0.05, 0.1) is 5.92 Å². The van der Waals surface area contributed by atoms with E-state index in [0.29, 0.717) is 23.4 Å². The minimum atomic E-state index is -4.18. The zero-order valence-electron chi connectivity index (χ0n) is 13.4. The maximum Gasteiger partial charge on any atom is 0.391 e. The third-order valence-electron chi connectivity index (χ3n) is 4.54. The van der Waals surface area contributed by atoms with Crippen molar-refractivity contribution in [3.05, 3.63) is 34.9 Å². The predicted octanol–water partition coefficient (Wildman–Crippen LogP) is 4.34. The summed E-state index contributed by atoms with van der Waals surface area (Å²) in [6, 6.07) is 4.86. The van der Waals surface area contributed by atoms with Crippen molar-refractivity contribution in [2.24, 2.45) is 11.8 Å². The minimum absolute atomic E-state index is 0.0149. The fourth-order valence-electron chi connectivity index (χ4n) is 3.12. The van der Waals surface area contributed by atoms with Crippen molar-refractivity contribution in [3.63, 3.8) is 0 Å². The zero-order chi connectivity index (χ0) is 18.6. The van der Waals surface area contributed by atoms with Crippen LogP contribution < -0.4 is 5.32 Å². The number of carboxylic acids is 1. The predicted molar refractivity (Wildman–Crippen MR) is 86.1 cm³/mol. The first-order chi connectivity index (χ1) is 11.7. The molecule has 1 aromatic rings. The Morgan fingerprint density at radius 2 is 1.72 bits per heavy atom. The van der Waals surface area contributed by atoms with Gasteiger partial charge in [0.15, 0.2) is 6.04 Å². The molecule has 1 atom stereocenters. The van der Waals surface area contributed by atoms with E-state index in [1.807, 2.05) is 0 Å². The van der Waals surface area contributed by atoms with Crippen LogP contribution in [-0.4, -0.2) is 23.2 Å². The van der Waals surface area contributed by atoms with E-state index in [4.69, 9.17) is 11.6 Å². The maximum absolute atomic E-state index is 12.7. The summed E-state index contributed by atoms with van der Waals surface area (Å²) in [5.74, 6) is -3.14. The highest BCUT2D eigenvalue weighted by Crippen LogP contribution is 2.40. The third kappa shape index (κ3) is 5.63. The molecule has 1 amide bonds. The molecule has 138 valence electrons. The van der Waals surface area contributed by atoms with Gasteiger partial charge in [-0.1, -0.05) is 23.7 Å². The van der Waals surface area contributed by atoms with Gasteiger partial charge >= 0.3 is 12.1 Å². The number of hydrogen-bond donors (Lipinski definition) is 2. The number of halogens is 4. The second-order valence-electron chi connectivity index (χ2n) is 6.35. The van der Waals surface area contributed by atoms with E-state index in [1.165, 1.54) is 24.3 Å². The summed E-state index contributed by atoms with van der Waals surface area (Å²) in [7, 11) is 0. The molecule has 0 radical (unpaired) electrons. The van der Waals surface area contributed by atoms with Crippen LogP contribution in [0.4, 0.5) is 13.2 Å². The van der Waals surface area contributed by atoms with E-state index in [-0.39, 0.29) is 25.2 Å². The Bertz CT molecular complexity index is 611. The van der Waals surface area contributed by atoms with Crippen molar-refractivity contribution in [2.75, 3.05) is 0 Å². The number of hydrogen-bond acceptors (Lipinski definition) is 2. The normalized spacial score (nSPS) is 22.2.